The smallest absolute Gasteiger partial charge is 0.407 e. The van der Waals surface area contributed by atoms with Gasteiger partial charge in [-0.3, -0.25) is 4.18 Å². The standard InChI is InChI=1S/C14H27NO6S/c1-14(2,3)21-13(16)15-12(10-20-22(4,17)18)8-11-6-5-7-19-9-11/h11-12H,5-10H2,1-4H3,(H,15,16)/t11-,12+/m1/s1. The molecule has 0 aliphatic carbocycles. The van der Waals surface area contributed by atoms with Crippen LogP contribution < -0.4 is 5.32 Å². The maximum absolute atomic E-state index is 11.9. The molecule has 1 heterocycles. The summed E-state index contributed by atoms with van der Waals surface area (Å²) in [7, 11) is -3.55. The van der Waals surface area contributed by atoms with Crippen LogP contribution in [0, 0.1) is 5.92 Å². The molecule has 130 valence electrons. The molecular weight excluding hydrogens is 310 g/mol. The van der Waals surface area contributed by atoms with Gasteiger partial charge in [-0.05, 0) is 46.0 Å². The molecule has 1 N–H and O–H groups in total. The first-order valence-corrected chi connectivity index (χ1v) is 9.28. The fourth-order valence-corrected chi connectivity index (χ4v) is 2.66. The van der Waals surface area contributed by atoms with Gasteiger partial charge in [-0.2, -0.15) is 8.42 Å². The summed E-state index contributed by atoms with van der Waals surface area (Å²) in [6, 6.07) is -0.434. The second-order valence-electron chi connectivity index (χ2n) is 6.65. The number of nitrogens with one attached hydrogen (secondary N) is 1. The van der Waals surface area contributed by atoms with Crippen LogP contribution in [0.1, 0.15) is 40.0 Å². The van der Waals surface area contributed by atoms with Crippen LogP contribution in [0.25, 0.3) is 0 Å². The highest BCUT2D eigenvalue weighted by Gasteiger charge is 2.24. The summed E-state index contributed by atoms with van der Waals surface area (Å²) in [5.74, 6) is 0.275. The van der Waals surface area contributed by atoms with E-state index in [0.717, 1.165) is 25.7 Å². The van der Waals surface area contributed by atoms with E-state index in [2.05, 4.69) is 5.32 Å². The number of ether oxygens (including phenoxy) is 2. The molecule has 1 aliphatic heterocycles. The molecule has 0 aromatic carbocycles. The molecule has 0 bridgehead atoms. The van der Waals surface area contributed by atoms with Crippen LogP contribution in [-0.2, 0) is 23.8 Å². The minimum absolute atomic E-state index is 0.103. The molecule has 0 aromatic heterocycles. The van der Waals surface area contributed by atoms with Gasteiger partial charge in [0.2, 0.25) is 0 Å². The third-order valence-corrected chi connectivity index (χ3v) is 3.64. The second-order valence-corrected chi connectivity index (χ2v) is 8.29. The SMILES string of the molecule is CC(C)(C)OC(=O)N[C@H](COS(C)(=O)=O)C[C@H]1CCCOC1. The fourth-order valence-electron chi connectivity index (χ4n) is 2.24. The molecule has 2 atom stereocenters. The van der Waals surface area contributed by atoms with Crippen LogP contribution in [0.15, 0.2) is 0 Å². The van der Waals surface area contributed by atoms with Gasteiger partial charge in [0, 0.05) is 13.2 Å². The predicted octanol–water partition coefficient (Wildman–Crippen LogP) is 1.67. The van der Waals surface area contributed by atoms with Crippen molar-refractivity contribution in [2.45, 2.75) is 51.7 Å². The number of alkyl carbamates (subject to hydrolysis) is 1. The molecule has 1 aliphatic rings. The Morgan fingerprint density at radius 3 is 2.59 bits per heavy atom. The number of amides is 1. The van der Waals surface area contributed by atoms with E-state index in [0.29, 0.717) is 13.0 Å². The van der Waals surface area contributed by atoms with E-state index >= 15 is 0 Å². The molecule has 0 saturated carbocycles. The summed E-state index contributed by atoms with van der Waals surface area (Å²) in [6.07, 6.45) is 2.96. The molecule has 0 unspecified atom stereocenters. The van der Waals surface area contributed by atoms with Gasteiger partial charge in [0.25, 0.3) is 10.1 Å². The van der Waals surface area contributed by atoms with Crippen LogP contribution in [0.3, 0.4) is 0 Å². The van der Waals surface area contributed by atoms with Crippen molar-refractivity contribution in [2.24, 2.45) is 5.92 Å². The van der Waals surface area contributed by atoms with Gasteiger partial charge < -0.3 is 14.8 Å². The summed E-state index contributed by atoms with van der Waals surface area (Å²) >= 11 is 0. The molecule has 0 radical (unpaired) electrons. The Bertz CT molecular complexity index is 450. The van der Waals surface area contributed by atoms with Gasteiger partial charge in [0.05, 0.1) is 18.9 Å². The summed E-state index contributed by atoms with van der Waals surface area (Å²) in [6.45, 7) is 6.57. The Labute approximate surface area is 132 Å². The molecule has 0 spiro atoms. The summed E-state index contributed by atoms with van der Waals surface area (Å²) < 4.78 is 37.7. The van der Waals surface area contributed by atoms with Gasteiger partial charge in [-0.1, -0.05) is 0 Å². The van der Waals surface area contributed by atoms with E-state index in [1.165, 1.54) is 0 Å². The lowest BCUT2D eigenvalue weighted by atomic mass is 9.95. The van der Waals surface area contributed by atoms with Crippen molar-refractivity contribution in [1.82, 2.24) is 5.32 Å². The van der Waals surface area contributed by atoms with Gasteiger partial charge in [0.15, 0.2) is 0 Å². The maximum Gasteiger partial charge on any atom is 0.407 e. The Morgan fingerprint density at radius 2 is 2.09 bits per heavy atom. The average Bonchev–Trinajstić information content (AvgIpc) is 2.34. The monoisotopic (exact) mass is 337 g/mol. The summed E-state index contributed by atoms with van der Waals surface area (Å²) in [5, 5.41) is 2.69. The van der Waals surface area contributed by atoms with Crippen molar-refractivity contribution >= 4 is 16.2 Å². The van der Waals surface area contributed by atoms with E-state index < -0.39 is 27.9 Å². The van der Waals surface area contributed by atoms with Crippen molar-refractivity contribution in [3.63, 3.8) is 0 Å². The van der Waals surface area contributed by atoms with Crippen molar-refractivity contribution < 1.29 is 26.9 Å². The number of hydrogen-bond acceptors (Lipinski definition) is 6. The molecule has 1 rings (SSSR count). The topological polar surface area (TPSA) is 90.9 Å². The highest BCUT2D eigenvalue weighted by molar-refractivity contribution is 7.85. The summed E-state index contributed by atoms with van der Waals surface area (Å²) in [4.78, 5) is 11.9. The van der Waals surface area contributed by atoms with Crippen molar-refractivity contribution in [3.05, 3.63) is 0 Å². The van der Waals surface area contributed by atoms with Crippen molar-refractivity contribution in [1.29, 1.82) is 0 Å². The minimum Gasteiger partial charge on any atom is -0.444 e. The Hall–Kier alpha value is -0.860. The zero-order chi connectivity index (χ0) is 16.8. The Kier molecular flexibility index (Phi) is 7.08. The Balaban J connectivity index is 2.57. The lowest BCUT2D eigenvalue weighted by molar-refractivity contribution is 0.0355. The van der Waals surface area contributed by atoms with E-state index in [1.807, 2.05) is 0 Å². The van der Waals surface area contributed by atoms with E-state index in [1.54, 1.807) is 20.8 Å². The number of carbonyl (C=O) groups is 1. The first kappa shape index (κ1) is 19.2. The molecule has 1 saturated heterocycles. The highest BCUT2D eigenvalue weighted by Crippen LogP contribution is 2.19. The molecule has 1 amide bonds. The predicted molar refractivity (Wildman–Crippen MR) is 82.1 cm³/mol. The minimum atomic E-state index is -3.55. The van der Waals surface area contributed by atoms with Gasteiger partial charge in [0.1, 0.15) is 5.60 Å². The molecule has 8 heteroatoms. The third kappa shape index (κ3) is 9.22. The number of rotatable bonds is 6. The second kappa shape index (κ2) is 8.12. The first-order valence-electron chi connectivity index (χ1n) is 7.47. The maximum atomic E-state index is 11.9. The molecule has 0 aromatic rings. The van der Waals surface area contributed by atoms with E-state index in [9.17, 15) is 13.2 Å². The molecule has 1 fully saturated rings. The van der Waals surface area contributed by atoms with E-state index in [4.69, 9.17) is 13.7 Å². The zero-order valence-electron chi connectivity index (χ0n) is 13.8. The average molecular weight is 337 g/mol. The lowest BCUT2D eigenvalue weighted by Gasteiger charge is -2.28. The molecular formula is C14H27NO6S. The van der Waals surface area contributed by atoms with Crippen LogP contribution in [0.2, 0.25) is 0 Å². The quantitative estimate of drug-likeness (QED) is 0.742. The third-order valence-electron chi connectivity index (χ3n) is 3.08. The highest BCUT2D eigenvalue weighted by atomic mass is 32.2. The number of carbonyl (C=O) groups excluding carboxylic acids is 1. The van der Waals surface area contributed by atoms with Gasteiger partial charge in [-0.15, -0.1) is 0 Å². The first-order chi connectivity index (χ1) is 10.1. The number of hydrogen-bond donors (Lipinski definition) is 1. The molecule has 22 heavy (non-hydrogen) atoms. The van der Waals surface area contributed by atoms with Crippen LogP contribution in [-0.4, -0.2) is 52.2 Å². The van der Waals surface area contributed by atoms with Crippen LogP contribution in [0.5, 0.6) is 0 Å². The van der Waals surface area contributed by atoms with Crippen LogP contribution >= 0.6 is 0 Å². The zero-order valence-corrected chi connectivity index (χ0v) is 14.6. The normalized spacial score (nSPS) is 21.2. The van der Waals surface area contributed by atoms with Crippen molar-refractivity contribution in [3.8, 4) is 0 Å². The largest absolute Gasteiger partial charge is 0.444 e. The van der Waals surface area contributed by atoms with E-state index in [-0.39, 0.29) is 12.5 Å². The molecule has 7 nitrogen and oxygen atoms in total. The van der Waals surface area contributed by atoms with Gasteiger partial charge >= 0.3 is 6.09 Å². The van der Waals surface area contributed by atoms with Gasteiger partial charge in [-0.25, -0.2) is 4.79 Å². The Morgan fingerprint density at radius 1 is 1.41 bits per heavy atom. The summed E-state index contributed by atoms with van der Waals surface area (Å²) in [5.41, 5.74) is -0.611. The fraction of sp³-hybridized carbons (Fsp3) is 0.929. The van der Waals surface area contributed by atoms with Crippen molar-refractivity contribution in [2.75, 3.05) is 26.1 Å². The van der Waals surface area contributed by atoms with Crippen LogP contribution in [0.4, 0.5) is 4.79 Å². The lowest BCUT2D eigenvalue weighted by Crippen LogP contribution is -2.43.